The molecule has 3 heterocycles. The largest absolute Gasteiger partial charge is 0.359 e. The van der Waals surface area contributed by atoms with Crippen molar-refractivity contribution in [1.82, 2.24) is 19.9 Å². The van der Waals surface area contributed by atoms with Gasteiger partial charge in [0.2, 0.25) is 5.91 Å². The molecule has 0 aromatic carbocycles. The molecule has 6 nitrogen and oxygen atoms in total. The smallest absolute Gasteiger partial charge is 0.240 e. The molecule has 3 rings (SSSR count). The van der Waals surface area contributed by atoms with E-state index in [0.717, 1.165) is 50.5 Å². The predicted octanol–water partition coefficient (Wildman–Crippen LogP) is 2.14. The number of carbonyl (C=O) groups is 1. The third-order valence-corrected chi connectivity index (χ3v) is 5.90. The average Bonchev–Trinajstić information content (AvgIpc) is 3.14. The van der Waals surface area contributed by atoms with Gasteiger partial charge in [-0.25, -0.2) is 0 Å². The van der Waals surface area contributed by atoms with Crippen LogP contribution in [0.25, 0.3) is 0 Å². The fourth-order valence-corrected chi connectivity index (χ4v) is 4.42. The van der Waals surface area contributed by atoms with E-state index in [1.54, 1.807) is 4.90 Å². The van der Waals surface area contributed by atoms with Gasteiger partial charge in [-0.2, -0.15) is 0 Å². The zero-order valence-corrected chi connectivity index (χ0v) is 16.1. The minimum absolute atomic E-state index is 0.0115. The van der Waals surface area contributed by atoms with Crippen LogP contribution in [0.2, 0.25) is 0 Å². The van der Waals surface area contributed by atoms with Crippen LogP contribution in [-0.2, 0) is 11.3 Å². The van der Waals surface area contributed by atoms with Crippen LogP contribution in [0.15, 0.2) is 10.6 Å². The van der Waals surface area contributed by atoms with E-state index in [1.807, 2.05) is 20.0 Å². The molecule has 2 saturated heterocycles. The summed E-state index contributed by atoms with van der Waals surface area (Å²) in [4.78, 5) is 19.8. The number of amides is 1. The lowest BCUT2D eigenvalue weighted by molar-refractivity contribution is -0.135. The van der Waals surface area contributed by atoms with Gasteiger partial charge in [-0.3, -0.25) is 9.69 Å². The second-order valence-corrected chi connectivity index (χ2v) is 8.12. The Kier molecular flexibility index (Phi) is 5.49. The van der Waals surface area contributed by atoms with Gasteiger partial charge in [0.05, 0.1) is 18.3 Å². The molecule has 1 aromatic heterocycles. The van der Waals surface area contributed by atoms with E-state index in [-0.39, 0.29) is 11.9 Å². The van der Waals surface area contributed by atoms with Crippen molar-refractivity contribution in [2.45, 2.75) is 52.1 Å². The molecule has 1 amide bonds. The molecule has 0 bridgehead atoms. The summed E-state index contributed by atoms with van der Waals surface area (Å²) in [7, 11) is 4.07. The zero-order chi connectivity index (χ0) is 18.0. The monoisotopic (exact) mass is 348 g/mol. The van der Waals surface area contributed by atoms with Gasteiger partial charge in [-0.05, 0) is 64.7 Å². The first kappa shape index (κ1) is 18.4. The van der Waals surface area contributed by atoms with Crippen LogP contribution in [0.4, 0.5) is 0 Å². The Bertz CT molecular complexity index is 592. The Labute approximate surface area is 151 Å². The van der Waals surface area contributed by atoms with Crippen LogP contribution < -0.4 is 0 Å². The summed E-state index contributed by atoms with van der Waals surface area (Å²) in [6.45, 7) is 8.96. The molecular weight excluding hydrogens is 316 g/mol. The van der Waals surface area contributed by atoms with E-state index in [4.69, 9.17) is 4.52 Å². The second kappa shape index (κ2) is 7.46. The number of likely N-dealkylation sites (tertiary alicyclic amines) is 2. The van der Waals surface area contributed by atoms with Crippen LogP contribution in [0, 0.1) is 12.3 Å². The molecule has 140 valence electrons. The van der Waals surface area contributed by atoms with E-state index < -0.39 is 0 Å². The van der Waals surface area contributed by atoms with Crippen molar-refractivity contribution < 1.29 is 9.32 Å². The van der Waals surface area contributed by atoms with E-state index in [9.17, 15) is 4.79 Å². The van der Waals surface area contributed by atoms with Crippen LogP contribution in [0.5, 0.6) is 0 Å². The van der Waals surface area contributed by atoms with Crippen molar-refractivity contribution in [3.63, 3.8) is 0 Å². The third-order valence-electron chi connectivity index (χ3n) is 5.90. The van der Waals surface area contributed by atoms with Crippen LogP contribution in [0.1, 0.15) is 44.1 Å². The van der Waals surface area contributed by atoms with Crippen molar-refractivity contribution in [3.05, 3.63) is 17.5 Å². The summed E-state index contributed by atoms with van der Waals surface area (Å²) in [6, 6.07) is 1.91. The molecule has 0 unspecified atom stereocenters. The lowest BCUT2D eigenvalue weighted by Gasteiger charge is -2.37. The van der Waals surface area contributed by atoms with Gasteiger partial charge < -0.3 is 14.3 Å². The number of likely N-dealkylation sites (N-methyl/N-ethyl adjacent to an activating group) is 1. The first-order valence-corrected chi connectivity index (χ1v) is 9.52. The standard InChI is InChI=1S/C19H32N4O2/c1-5-8-23-14-19(6-9-21(3)10-7-19)12-17(23)18(24)22(4)13-16-11-15(2)20-25-16/h11,17H,5-10,12-14H2,1-4H3/t17-/m0/s1. The first-order chi connectivity index (χ1) is 11.9. The SMILES string of the molecule is CCCN1CC2(CCN(C)CC2)C[C@H]1C(=O)N(C)Cc1cc(C)no1. The highest BCUT2D eigenvalue weighted by Crippen LogP contribution is 2.43. The Morgan fingerprint density at radius 3 is 2.76 bits per heavy atom. The number of carbonyl (C=O) groups excluding carboxylic acids is 1. The highest BCUT2D eigenvalue weighted by Gasteiger charge is 2.47. The third kappa shape index (κ3) is 4.06. The van der Waals surface area contributed by atoms with Gasteiger partial charge in [-0.15, -0.1) is 0 Å². The van der Waals surface area contributed by atoms with E-state index >= 15 is 0 Å². The molecule has 0 aliphatic carbocycles. The molecule has 2 fully saturated rings. The molecule has 2 aliphatic heterocycles. The minimum atomic E-state index is 0.0115. The molecule has 1 atom stereocenters. The average molecular weight is 348 g/mol. The normalized spacial score (nSPS) is 24.1. The summed E-state index contributed by atoms with van der Waals surface area (Å²) in [5.74, 6) is 0.973. The maximum atomic E-state index is 13.1. The van der Waals surface area contributed by atoms with E-state index in [2.05, 4.69) is 28.9 Å². The highest BCUT2D eigenvalue weighted by molar-refractivity contribution is 5.82. The van der Waals surface area contributed by atoms with Crippen molar-refractivity contribution in [2.75, 3.05) is 40.3 Å². The Balaban J connectivity index is 1.68. The van der Waals surface area contributed by atoms with Crippen LogP contribution >= 0.6 is 0 Å². The number of aromatic nitrogens is 1. The van der Waals surface area contributed by atoms with Crippen molar-refractivity contribution in [2.24, 2.45) is 5.41 Å². The number of rotatable bonds is 5. The Hall–Kier alpha value is -1.40. The quantitative estimate of drug-likeness (QED) is 0.816. The second-order valence-electron chi connectivity index (χ2n) is 8.12. The summed E-state index contributed by atoms with van der Waals surface area (Å²) < 4.78 is 5.28. The molecule has 1 aromatic rings. The van der Waals surface area contributed by atoms with Crippen molar-refractivity contribution >= 4 is 5.91 Å². The van der Waals surface area contributed by atoms with Crippen molar-refractivity contribution in [3.8, 4) is 0 Å². The zero-order valence-electron chi connectivity index (χ0n) is 16.1. The van der Waals surface area contributed by atoms with E-state index in [0.29, 0.717) is 12.0 Å². The molecule has 6 heteroatoms. The summed E-state index contributed by atoms with van der Waals surface area (Å²) >= 11 is 0. The number of aryl methyl sites for hydroxylation is 1. The number of hydrogen-bond acceptors (Lipinski definition) is 5. The maximum Gasteiger partial charge on any atom is 0.240 e. The molecule has 2 aliphatic rings. The maximum absolute atomic E-state index is 13.1. The number of piperidine rings is 1. The molecular formula is C19H32N4O2. The van der Waals surface area contributed by atoms with Crippen molar-refractivity contribution in [1.29, 1.82) is 0 Å². The van der Waals surface area contributed by atoms with Crippen LogP contribution in [-0.4, -0.2) is 72.1 Å². The van der Waals surface area contributed by atoms with Gasteiger partial charge in [-0.1, -0.05) is 12.1 Å². The Morgan fingerprint density at radius 1 is 1.44 bits per heavy atom. The molecule has 0 saturated carbocycles. The fraction of sp³-hybridized carbons (Fsp3) is 0.789. The molecule has 0 N–H and O–H groups in total. The van der Waals surface area contributed by atoms with Gasteiger partial charge in [0, 0.05) is 19.7 Å². The lowest BCUT2D eigenvalue weighted by atomic mass is 9.76. The van der Waals surface area contributed by atoms with Gasteiger partial charge in [0.1, 0.15) is 0 Å². The lowest BCUT2D eigenvalue weighted by Crippen LogP contribution is -2.44. The van der Waals surface area contributed by atoms with Gasteiger partial charge in [0.25, 0.3) is 0 Å². The fourth-order valence-electron chi connectivity index (χ4n) is 4.42. The van der Waals surface area contributed by atoms with Gasteiger partial charge in [0.15, 0.2) is 5.76 Å². The summed E-state index contributed by atoms with van der Waals surface area (Å²) in [5.41, 5.74) is 1.18. The molecule has 1 spiro atoms. The molecule has 0 radical (unpaired) electrons. The Morgan fingerprint density at radius 2 is 2.16 bits per heavy atom. The highest BCUT2D eigenvalue weighted by atomic mass is 16.5. The summed E-state index contributed by atoms with van der Waals surface area (Å²) in [5, 5.41) is 3.92. The van der Waals surface area contributed by atoms with E-state index in [1.165, 1.54) is 12.8 Å². The summed E-state index contributed by atoms with van der Waals surface area (Å²) in [6.07, 6.45) is 4.50. The first-order valence-electron chi connectivity index (χ1n) is 9.52. The van der Waals surface area contributed by atoms with Crippen LogP contribution in [0.3, 0.4) is 0 Å². The molecule has 25 heavy (non-hydrogen) atoms. The number of nitrogens with zero attached hydrogens (tertiary/aromatic N) is 4. The topological polar surface area (TPSA) is 52.8 Å². The predicted molar refractivity (Wildman–Crippen MR) is 97.1 cm³/mol. The van der Waals surface area contributed by atoms with Gasteiger partial charge >= 0.3 is 0 Å². The number of hydrogen-bond donors (Lipinski definition) is 0. The minimum Gasteiger partial charge on any atom is -0.359 e.